The van der Waals surface area contributed by atoms with Gasteiger partial charge in [-0.15, -0.1) is 0 Å². The van der Waals surface area contributed by atoms with Crippen LogP contribution in [0.1, 0.15) is 32.4 Å². The molecule has 0 spiro atoms. The summed E-state index contributed by atoms with van der Waals surface area (Å²) in [5.41, 5.74) is 0.599. The molecule has 1 aliphatic heterocycles. The average Bonchev–Trinajstić information content (AvgIpc) is 2.38. The molecule has 2 rings (SSSR count). The molecule has 1 aromatic carbocycles. The topological polar surface area (TPSA) is 69.3 Å². The van der Waals surface area contributed by atoms with Crippen LogP contribution in [0.2, 0.25) is 0 Å². The lowest BCUT2D eigenvalue weighted by molar-refractivity contribution is -0.0331. The second kappa shape index (κ2) is 7.42. The van der Waals surface area contributed by atoms with Gasteiger partial charge >= 0.3 is 6.09 Å². The van der Waals surface area contributed by atoms with E-state index >= 15 is 0 Å². The summed E-state index contributed by atoms with van der Waals surface area (Å²) in [5.74, 6) is 0. The fourth-order valence-corrected chi connectivity index (χ4v) is 2.46. The van der Waals surface area contributed by atoms with Crippen molar-refractivity contribution in [2.45, 2.75) is 32.4 Å². The van der Waals surface area contributed by atoms with E-state index in [1.807, 2.05) is 45.0 Å². The van der Waals surface area contributed by atoms with Gasteiger partial charge in [-0.05, 0) is 61.1 Å². The Bertz CT molecular complexity index is 471. The van der Waals surface area contributed by atoms with Crippen LogP contribution < -0.4 is 6.15 Å². The van der Waals surface area contributed by atoms with Gasteiger partial charge in [-0.1, -0.05) is 12.1 Å². The maximum Gasteiger partial charge on any atom is 0.410 e. The molecule has 115 valence electrons. The highest BCUT2D eigenvalue weighted by Gasteiger charge is 2.31. The van der Waals surface area contributed by atoms with E-state index in [0.717, 1.165) is 5.56 Å². The molecule has 1 amide bonds. The number of nitrogens with zero attached hydrogens (tertiary/aromatic N) is 2. The van der Waals surface area contributed by atoms with Crippen molar-refractivity contribution in [3.05, 3.63) is 33.4 Å². The monoisotopic (exact) mass is 403 g/mol. The summed E-state index contributed by atoms with van der Waals surface area (Å²) in [6, 6.07) is 8.09. The molecule has 21 heavy (non-hydrogen) atoms. The minimum absolute atomic E-state index is 0. The maximum absolute atomic E-state index is 12.3. The van der Waals surface area contributed by atoms with Crippen molar-refractivity contribution in [2.24, 2.45) is 0 Å². The Morgan fingerprint density at radius 1 is 1.33 bits per heavy atom. The van der Waals surface area contributed by atoms with Gasteiger partial charge in [-0.2, -0.15) is 0 Å². The third kappa shape index (κ3) is 5.12. The molecule has 0 aromatic heterocycles. The number of rotatable bonds is 1. The smallest absolute Gasteiger partial charge is 0.410 e. The van der Waals surface area contributed by atoms with Gasteiger partial charge in [0.25, 0.3) is 0 Å². The summed E-state index contributed by atoms with van der Waals surface area (Å²) in [4.78, 5) is 14.1. The van der Waals surface area contributed by atoms with E-state index in [-0.39, 0.29) is 18.3 Å². The van der Waals surface area contributed by atoms with Crippen LogP contribution in [0.15, 0.2) is 24.3 Å². The Morgan fingerprint density at radius 3 is 2.52 bits per heavy atom. The minimum atomic E-state index is -0.480. The van der Waals surface area contributed by atoms with E-state index in [0.29, 0.717) is 19.8 Å². The lowest BCUT2D eigenvalue weighted by Gasteiger charge is -2.36. The first-order valence-corrected chi connectivity index (χ1v) is 7.77. The quantitative estimate of drug-likeness (QED) is 0.677. The van der Waals surface area contributed by atoms with Crippen LogP contribution in [-0.2, 0) is 9.47 Å². The molecular formula is C15H20IN2O3. The fourth-order valence-electron chi connectivity index (χ4n) is 2.10. The van der Waals surface area contributed by atoms with E-state index < -0.39 is 5.60 Å². The van der Waals surface area contributed by atoms with Gasteiger partial charge in [0.2, 0.25) is 0 Å². The van der Waals surface area contributed by atoms with Crippen LogP contribution >= 0.6 is 22.6 Å². The summed E-state index contributed by atoms with van der Waals surface area (Å²) in [7, 11) is 0. The highest BCUT2D eigenvalue weighted by molar-refractivity contribution is 14.1. The molecule has 1 aliphatic rings. The SMILES string of the molecule is CC(C)(C)OC(=O)N1CCOCC1c1ccc(I)cc1.[N]. The summed E-state index contributed by atoms with van der Waals surface area (Å²) in [5, 5.41) is 0. The number of morpholine rings is 1. The molecule has 0 N–H and O–H groups in total. The number of carbonyl (C=O) groups excluding carboxylic acids is 1. The van der Waals surface area contributed by atoms with Crippen LogP contribution in [0.25, 0.3) is 0 Å². The number of hydrogen-bond acceptors (Lipinski definition) is 3. The maximum atomic E-state index is 12.3. The van der Waals surface area contributed by atoms with Gasteiger partial charge in [0, 0.05) is 16.3 Å². The Hall–Kier alpha value is -0.860. The van der Waals surface area contributed by atoms with E-state index in [4.69, 9.17) is 9.47 Å². The second-order valence-electron chi connectivity index (χ2n) is 5.82. The molecule has 3 radical (unpaired) electrons. The van der Waals surface area contributed by atoms with Crippen molar-refractivity contribution in [2.75, 3.05) is 19.8 Å². The summed E-state index contributed by atoms with van der Waals surface area (Å²) in [6.45, 7) is 7.27. The van der Waals surface area contributed by atoms with Crippen molar-refractivity contribution < 1.29 is 14.3 Å². The van der Waals surface area contributed by atoms with Crippen molar-refractivity contribution in [3.63, 3.8) is 0 Å². The first kappa shape index (κ1) is 18.2. The van der Waals surface area contributed by atoms with Gasteiger partial charge in [0.1, 0.15) is 5.60 Å². The molecule has 1 unspecified atom stereocenters. The van der Waals surface area contributed by atoms with Crippen LogP contribution in [0.3, 0.4) is 0 Å². The van der Waals surface area contributed by atoms with Crippen molar-refractivity contribution in [1.29, 1.82) is 0 Å². The zero-order valence-electron chi connectivity index (χ0n) is 12.5. The fraction of sp³-hybridized carbons (Fsp3) is 0.533. The van der Waals surface area contributed by atoms with Crippen molar-refractivity contribution in [1.82, 2.24) is 11.1 Å². The van der Waals surface area contributed by atoms with Gasteiger partial charge < -0.3 is 9.47 Å². The standard InChI is InChI=1S/C15H20INO3.N/c1-15(2,3)20-14(18)17-8-9-19-10-13(17)11-4-6-12(16)7-5-11;/h4-7,13H,8-10H2,1-3H3;. The van der Waals surface area contributed by atoms with E-state index in [2.05, 4.69) is 22.6 Å². The molecular weight excluding hydrogens is 383 g/mol. The number of carbonyl (C=O) groups is 1. The normalized spacial score (nSPS) is 18.9. The van der Waals surface area contributed by atoms with Crippen LogP contribution in [0.4, 0.5) is 4.79 Å². The first-order chi connectivity index (χ1) is 9.37. The number of halogens is 1. The first-order valence-electron chi connectivity index (χ1n) is 6.70. The largest absolute Gasteiger partial charge is 0.444 e. The van der Waals surface area contributed by atoms with E-state index in [1.54, 1.807) is 4.90 Å². The van der Waals surface area contributed by atoms with Crippen LogP contribution in [0, 0.1) is 3.57 Å². The molecule has 0 bridgehead atoms. The Morgan fingerprint density at radius 2 is 1.95 bits per heavy atom. The second-order valence-corrected chi connectivity index (χ2v) is 7.06. The molecule has 1 fully saturated rings. The number of ether oxygens (including phenoxy) is 2. The molecule has 5 nitrogen and oxygen atoms in total. The molecule has 0 saturated carbocycles. The van der Waals surface area contributed by atoms with E-state index in [9.17, 15) is 4.79 Å². The van der Waals surface area contributed by atoms with Gasteiger partial charge in [-0.25, -0.2) is 4.79 Å². The predicted molar refractivity (Wildman–Crippen MR) is 87.8 cm³/mol. The highest BCUT2D eigenvalue weighted by atomic mass is 127. The van der Waals surface area contributed by atoms with Crippen molar-refractivity contribution in [3.8, 4) is 0 Å². The van der Waals surface area contributed by atoms with Crippen LogP contribution in [-0.4, -0.2) is 36.4 Å². The van der Waals surface area contributed by atoms with Gasteiger partial charge in [-0.3, -0.25) is 4.90 Å². The molecule has 6 heteroatoms. The molecule has 0 aliphatic carbocycles. The zero-order chi connectivity index (χ0) is 14.8. The summed E-state index contributed by atoms with van der Waals surface area (Å²) >= 11 is 2.27. The summed E-state index contributed by atoms with van der Waals surface area (Å²) < 4.78 is 12.2. The lowest BCUT2D eigenvalue weighted by Crippen LogP contribution is -2.45. The molecule has 1 atom stereocenters. The number of benzene rings is 1. The molecule has 1 saturated heterocycles. The third-order valence-electron chi connectivity index (χ3n) is 3.01. The number of hydrogen-bond donors (Lipinski definition) is 0. The van der Waals surface area contributed by atoms with Gasteiger partial charge in [0.05, 0.1) is 19.3 Å². The summed E-state index contributed by atoms with van der Waals surface area (Å²) in [6.07, 6.45) is -0.274. The predicted octanol–water partition coefficient (Wildman–Crippen LogP) is 3.12. The number of amides is 1. The Kier molecular flexibility index (Phi) is 6.42. The van der Waals surface area contributed by atoms with E-state index in [1.165, 1.54) is 3.57 Å². The highest BCUT2D eigenvalue weighted by Crippen LogP contribution is 2.26. The van der Waals surface area contributed by atoms with Crippen molar-refractivity contribution >= 4 is 28.7 Å². The Balaban J connectivity index is 0.00000220. The zero-order valence-corrected chi connectivity index (χ0v) is 14.7. The lowest BCUT2D eigenvalue weighted by atomic mass is 10.1. The third-order valence-corrected chi connectivity index (χ3v) is 3.73. The Labute approximate surface area is 139 Å². The van der Waals surface area contributed by atoms with Crippen LogP contribution in [0.5, 0.6) is 0 Å². The van der Waals surface area contributed by atoms with Gasteiger partial charge in [0.15, 0.2) is 0 Å². The average molecular weight is 403 g/mol. The molecule has 1 aromatic rings. The molecule has 1 heterocycles. The minimum Gasteiger partial charge on any atom is -0.444 e.